The van der Waals surface area contributed by atoms with Crippen LogP contribution >= 0.6 is 0 Å². The molecule has 18 heavy (non-hydrogen) atoms. The number of fused-ring (bicyclic) bond motifs is 1. The van der Waals surface area contributed by atoms with E-state index in [1.165, 1.54) is 0 Å². The Kier molecular flexibility index (Phi) is 2.78. The van der Waals surface area contributed by atoms with Crippen LogP contribution < -0.4 is 5.32 Å². The van der Waals surface area contributed by atoms with Crippen molar-refractivity contribution in [3.63, 3.8) is 0 Å². The molecular weight excluding hydrogens is 226 g/mol. The van der Waals surface area contributed by atoms with Crippen LogP contribution in [-0.2, 0) is 11.2 Å². The number of aromatic nitrogens is 2. The van der Waals surface area contributed by atoms with Crippen molar-refractivity contribution < 1.29 is 4.79 Å². The van der Waals surface area contributed by atoms with E-state index >= 15 is 0 Å². The number of nitrogens with zero attached hydrogens (tertiary/aromatic N) is 2. The van der Waals surface area contributed by atoms with Crippen LogP contribution in [0.5, 0.6) is 0 Å². The van der Waals surface area contributed by atoms with Gasteiger partial charge in [-0.25, -0.2) is 4.98 Å². The molecule has 2 aromatic heterocycles. The van der Waals surface area contributed by atoms with Crippen LogP contribution in [0.25, 0.3) is 5.65 Å². The number of carbonyl (C=O) groups excluding carboxylic acids is 1. The number of imidazole rings is 1. The van der Waals surface area contributed by atoms with Gasteiger partial charge in [-0.3, -0.25) is 4.79 Å². The zero-order valence-corrected chi connectivity index (χ0v) is 10.5. The number of amides is 1. The van der Waals surface area contributed by atoms with Crippen LogP contribution in [-0.4, -0.2) is 21.8 Å². The molecule has 94 valence electrons. The maximum atomic E-state index is 11.6. The number of rotatable bonds is 4. The summed E-state index contributed by atoms with van der Waals surface area (Å²) in [5, 5.41) is 2.98. The highest BCUT2D eigenvalue weighted by atomic mass is 16.2. The number of pyridine rings is 1. The maximum absolute atomic E-state index is 11.6. The quantitative estimate of drug-likeness (QED) is 0.887. The Hall–Kier alpha value is -1.84. The molecule has 4 nitrogen and oxygen atoms in total. The molecule has 0 radical (unpaired) electrons. The lowest BCUT2D eigenvalue weighted by atomic mass is 10.3. The Balaban J connectivity index is 1.55. The van der Waals surface area contributed by atoms with Crippen LogP contribution in [0.1, 0.15) is 19.0 Å². The molecular formula is C14H17N3O. The number of hydrogen-bond donors (Lipinski definition) is 1. The van der Waals surface area contributed by atoms with Gasteiger partial charge in [0, 0.05) is 31.3 Å². The predicted octanol–water partition coefficient (Wildman–Crippen LogP) is 1.65. The van der Waals surface area contributed by atoms with Gasteiger partial charge in [0.2, 0.25) is 5.91 Å². The smallest absolute Gasteiger partial charge is 0.223 e. The second-order valence-electron chi connectivity index (χ2n) is 5.06. The Bertz CT molecular complexity index is 542. The molecule has 0 bridgehead atoms. The van der Waals surface area contributed by atoms with Crippen molar-refractivity contribution in [3.05, 3.63) is 36.3 Å². The van der Waals surface area contributed by atoms with Gasteiger partial charge in [0.05, 0.1) is 5.69 Å². The van der Waals surface area contributed by atoms with Crippen molar-refractivity contribution >= 4 is 11.6 Å². The van der Waals surface area contributed by atoms with Crippen molar-refractivity contribution in [1.82, 2.24) is 14.7 Å². The summed E-state index contributed by atoms with van der Waals surface area (Å²) in [4.78, 5) is 16.1. The molecule has 1 saturated carbocycles. The van der Waals surface area contributed by atoms with E-state index in [-0.39, 0.29) is 11.8 Å². The first-order chi connectivity index (χ1) is 8.74. The zero-order chi connectivity index (χ0) is 12.5. The van der Waals surface area contributed by atoms with Crippen LogP contribution in [0.15, 0.2) is 30.6 Å². The SMILES string of the molecule is C[C@@H]1C[C@H]1C(=O)NCCc1cn2ccccc2n1. The fraction of sp³-hybridized carbons (Fsp3) is 0.429. The van der Waals surface area contributed by atoms with E-state index in [0.29, 0.717) is 12.5 Å². The summed E-state index contributed by atoms with van der Waals surface area (Å²) in [6.07, 6.45) is 5.83. The van der Waals surface area contributed by atoms with E-state index < -0.39 is 0 Å². The summed E-state index contributed by atoms with van der Waals surface area (Å²) in [7, 11) is 0. The lowest BCUT2D eigenvalue weighted by Crippen LogP contribution is -2.27. The topological polar surface area (TPSA) is 46.4 Å². The first-order valence-electron chi connectivity index (χ1n) is 6.44. The molecule has 2 aromatic rings. The van der Waals surface area contributed by atoms with Gasteiger partial charge in [-0.15, -0.1) is 0 Å². The maximum Gasteiger partial charge on any atom is 0.223 e. The van der Waals surface area contributed by atoms with Crippen LogP contribution in [0, 0.1) is 11.8 Å². The lowest BCUT2D eigenvalue weighted by molar-refractivity contribution is -0.122. The second kappa shape index (κ2) is 4.44. The molecule has 0 unspecified atom stereocenters. The number of carbonyl (C=O) groups is 1. The molecule has 2 atom stereocenters. The van der Waals surface area contributed by atoms with Crippen molar-refractivity contribution in [2.45, 2.75) is 19.8 Å². The van der Waals surface area contributed by atoms with E-state index in [0.717, 1.165) is 24.2 Å². The second-order valence-corrected chi connectivity index (χ2v) is 5.06. The molecule has 1 fully saturated rings. The Morgan fingerprint density at radius 2 is 2.39 bits per heavy atom. The fourth-order valence-electron chi connectivity index (χ4n) is 2.24. The fourth-order valence-corrected chi connectivity index (χ4v) is 2.24. The van der Waals surface area contributed by atoms with E-state index in [4.69, 9.17) is 0 Å². The molecule has 2 heterocycles. The van der Waals surface area contributed by atoms with Gasteiger partial charge >= 0.3 is 0 Å². The standard InChI is InChI=1S/C14H17N3O/c1-10-8-12(10)14(18)15-6-5-11-9-17-7-3-2-4-13(17)16-11/h2-4,7,9-10,12H,5-6,8H2,1H3,(H,15,18)/t10-,12-/m1/s1. The first kappa shape index (κ1) is 11.3. The minimum absolute atomic E-state index is 0.200. The molecule has 4 heteroatoms. The van der Waals surface area contributed by atoms with Gasteiger partial charge in [0.15, 0.2) is 0 Å². The van der Waals surface area contributed by atoms with Gasteiger partial charge < -0.3 is 9.72 Å². The number of hydrogen-bond acceptors (Lipinski definition) is 2. The van der Waals surface area contributed by atoms with E-state index in [9.17, 15) is 4.79 Å². The molecule has 1 amide bonds. The highest BCUT2D eigenvalue weighted by Crippen LogP contribution is 2.37. The Morgan fingerprint density at radius 1 is 1.56 bits per heavy atom. The molecule has 3 rings (SSSR count). The van der Waals surface area contributed by atoms with Crippen LogP contribution in [0.3, 0.4) is 0 Å². The normalized spacial score (nSPS) is 22.1. The summed E-state index contributed by atoms with van der Waals surface area (Å²) in [5.41, 5.74) is 1.97. The average molecular weight is 243 g/mol. The van der Waals surface area contributed by atoms with E-state index in [1.54, 1.807) is 0 Å². The number of nitrogens with one attached hydrogen (secondary N) is 1. The van der Waals surface area contributed by atoms with Gasteiger partial charge in [-0.2, -0.15) is 0 Å². The van der Waals surface area contributed by atoms with Crippen molar-refractivity contribution in [1.29, 1.82) is 0 Å². The summed E-state index contributed by atoms with van der Waals surface area (Å²) in [6, 6.07) is 5.94. The molecule has 1 N–H and O–H groups in total. The third-order valence-electron chi connectivity index (χ3n) is 3.54. The van der Waals surface area contributed by atoms with Gasteiger partial charge in [0.1, 0.15) is 5.65 Å². The molecule has 0 aromatic carbocycles. The molecule has 0 saturated heterocycles. The molecule has 0 spiro atoms. The predicted molar refractivity (Wildman–Crippen MR) is 69.2 cm³/mol. The van der Waals surface area contributed by atoms with Crippen molar-refractivity contribution in [3.8, 4) is 0 Å². The van der Waals surface area contributed by atoms with Gasteiger partial charge in [0.25, 0.3) is 0 Å². The zero-order valence-electron chi connectivity index (χ0n) is 10.5. The summed E-state index contributed by atoms with van der Waals surface area (Å²) >= 11 is 0. The van der Waals surface area contributed by atoms with Gasteiger partial charge in [-0.1, -0.05) is 13.0 Å². The minimum atomic E-state index is 0.200. The molecule has 1 aliphatic rings. The Labute approximate surface area is 106 Å². The van der Waals surface area contributed by atoms with Gasteiger partial charge in [-0.05, 0) is 24.5 Å². The third-order valence-corrected chi connectivity index (χ3v) is 3.54. The summed E-state index contributed by atoms with van der Waals surface area (Å²) in [5.74, 6) is 1.03. The molecule has 1 aliphatic carbocycles. The largest absolute Gasteiger partial charge is 0.355 e. The van der Waals surface area contributed by atoms with Crippen LogP contribution in [0.4, 0.5) is 0 Å². The lowest BCUT2D eigenvalue weighted by Gasteiger charge is -2.02. The average Bonchev–Trinajstić information content (AvgIpc) is 2.95. The van der Waals surface area contributed by atoms with Crippen molar-refractivity contribution in [2.24, 2.45) is 11.8 Å². The van der Waals surface area contributed by atoms with Crippen LogP contribution in [0.2, 0.25) is 0 Å². The van der Waals surface area contributed by atoms with Crippen molar-refractivity contribution in [2.75, 3.05) is 6.54 Å². The highest BCUT2D eigenvalue weighted by molar-refractivity contribution is 5.81. The van der Waals surface area contributed by atoms with E-state index in [2.05, 4.69) is 17.2 Å². The monoisotopic (exact) mass is 243 g/mol. The summed E-state index contributed by atoms with van der Waals surface area (Å²) < 4.78 is 2.00. The summed E-state index contributed by atoms with van der Waals surface area (Å²) in [6.45, 7) is 2.79. The first-order valence-corrected chi connectivity index (χ1v) is 6.44. The Morgan fingerprint density at radius 3 is 3.11 bits per heavy atom. The molecule has 0 aliphatic heterocycles. The highest BCUT2D eigenvalue weighted by Gasteiger charge is 2.38. The van der Waals surface area contributed by atoms with E-state index in [1.807, 2.05) is 35.0 Å². The minimum Gasteiger partial charge on any atom is -0.355 e. The third kappa shape index (κ3) is 2.23.